The summed E-state index contributed by atoms with van der Waals surface area (Å²) in [5.41, 5.74) is 8.11. The molecule has 0 aromatic heterocycles. The first kappa shape index (κ1) is 18.5. The van der Waals surface area contributed by atoms with E-state index in [4.69, 9.17) is 17.3 Å². The summed E-state index contributed by atoms with van der Waals surface area (Å²) in [4.78, 5) is 40.9. The summed E-state index contributed by atoms with van der Waals surface area (Å²) < 4.78 is 0. The lowest BCUT2D eigenvalue weighted by atomic mass is 10.0. The maximum atomic E-state index is 13.2. The molecule has 0 unspecified atom stereocenters. The first-order valence-corrected chi connectivity index (χ1v) is 9.35. The van der Waals surface area contributed by atoms with Crippen molar-refractivity contribution in [2.75, 3.05) is 31.5 Å². The number of anilines is 1. The van der Waals surface area contributed by atoms with Gasteiger partial charge in [-0.05, 0) is 35.4 Å². The summed E-state index contributed by atoms with van der Waals surface area (Å²) in [6, 6.07) is 12.0. The minimum atomic E-state index is -0.733. The lowest BCUT2D eigenvalue weighted by Gasteiger charge is -2.39. The molecule has 1 fully saturated rings. The van der Waals surface area contributed by atoms with Crippen LogP contribution in [0.4, 0.5) is 5.69 Å². The average molecular weight is 399 g/mol. The summed E-state index contributed by atoms with van der Waals surface area (Å²) in [7, 11) is 0. The van der Waals surface area contributed by atoms with Gasteiger partial charge in [0.2, 0.25) is 11.8 Å². The third kappa shape index (κ3) is 3.23. The predicted molar refractivity (Wildman–Crippen MR) is 106 cm³/mol. The molecule has 7 nitrogen and oxygen atoms in total. The van der Waals surface area contributed by atoms with E-state index >= 15 is 0 Å². The molecule has 1 saturated heterocycles. The second-order valence-electron chi connectivity index (χ2n) is 6.81. The lowest BCUT2D eigenvalue weighted by molar-refractivity contribution is -0.134. The van der Waals surface area contributed by atoms with Crippen LogP contribution in [0, 0.1) is 0 Å². The van der Waals surface area contributed by atoms with Crippen LogP contribution in [0.1, 0.15) is 10.4 Å². The fourth-order valence-electron chi connectivity index (χ4n) is 3.63. The second kappa shape index (κ2) is 7.26. The number of amides is 3. The summed E-state index contributed by atoms with van der Waals surface area (Å²) in [5.74, 6) is -0.762. The van der Waals surface area contributed by atoms with E-state index in [0.717, 1.165) is 11.1 Å². The van der Waals surface area contributed by atoms with Crippen LogP contribution in [0.15, 0.2) is 42.5 Å². The van der Waals surface area contributed by atoms with Gasteiger partial charge in [-0.1, -0.05) is 29.8 Å². The van der Waals surface area contributed by atoms with E-state index in [9.17, 15) is 14.4 Å². The molecule has 2 aliphatic heterocycles. The Labute approximate surface area is 167 Å². The van der Waals surface area contributed by atoms with Gasteiger partial charge >= 0.3 is 0 Å². The number of piperazine rings is 1. The molecule has 2 aromatic carbocycles. The highest BCUT2D eigenvalue weighted by Gasteiger charge is 2.40. The maximum Gasteiger partial charge on any atom is 0.256 e. The van der Waals surface area contributed by atoms with Crippen molar-refractivity contribution < 1.29 is 14.4 Å². The zero-order chi connectivity index (χ0) is 19.8. The van der Waals surface area contributed by atoms with Gasteiger partial charge in [-0.2, -0.15) is 0 Å². The number of nitrogens with two attached hydrogens (primary N) is 1. The molecule has 0 spiro atoms. The molecular formula is C20H19ClN4O3. The fourth-order valence-corrected chi connectivity index (χ4v) is 3.75. The Balaban J connectivity index is 1.68. The summed E-state index contributed by atoms with van der Waals surface area (Å²) >= 11 is 5.95. The number of nitrogens with one attached hydrogen (secondary N) is 1. The van der Waals surface area contributed by atoms with Crippen LogP contribution in [-0.2, 0) is 9.59 Å². The zero-order valence-electron chi connectivity index (χ0n) is 15.0. The molecule has 3 N–H and O–H groups in total. The van der Waals surface area contributed by atoms with Gasteiger partial charge in [0.15, 0.2) is 0 Å². The first-order chi connectivity index (χ1) is 13.5. The van der Waals surface area contributed by atoms with E-state index in [1.807, 2.05) is 18.2 Å². The molecule has 2 aliphatic rings. The second-order valence-corrected chi connectivity index (χ2v) is 7.25. The molecule has 144 valence electrons. The fraction of sp³-hybridized carbons (Fsp3) is 0.250. The SMILES string of the molecule is NCC(=O)N1CCN2C(=O)c3cc(-c4ccc(Cl)cc4)ccc3NC(=O)[C@@H]2C1. The van der Waals surface area contributed by atoms with Crippen LogP contribution in [0.25, 0.3) is 11.1 Å². The molecule has 0 aliphatic carbocycles. The Hall–Kier alpha value is -2.90. The Kier molecular flexibility index (Phi) is 4.78. The van der Waals surface area contributed by atoms with Crippen LogP contribution in [0.3, 0.4) is 0 Å². The molecular weight excluding hydrogens is 380 g/mol. The van der Waals surface area contributed by atoms with Gasteiger partial charge in [-0.3, -0.25) is 14.4 Å². The number of carbonyl (C=O) groups is 3. The first-order valence-electron chi connectivity index (χ1n) is 8.97. The third-order valence-electron chi connectivity index (χ3n) is 5.16. The van der Waals surface area contributed by atoms with E-state index in [2.05, 4.69) is 5.32 Å². The molecule has 1 atom stereocenters. The third-order valence-corrected chi connectivity index (χ3v) is 5.41. The molecule has 0 radical (unpaired) electrons. The molecule has 0 saturated carbocycles. The highest BCUT2D eigenvalue weighted by molar-refractivity contribution is 6.30. The monoisotopic (exact) mass is 398 g/mol. The molecule has 4 rings (SSSR count). The van der Waals surface area contributed by atoms with Crippen LogP contribution in [0.5, 0.6) is 0 Å². The van der Waals surface area contributed by atoms with Crippen molar-refractivity contribution in [3.8, 4) is 11.1 Å². The topological polar surface area (TPSA) is 95.7 Å². The molecule has 28 heavy (non-hydrogen) atoms. The molecule has 0 bridgehead atoms. The number of rotatable bonds is 2. The normalized spacial score (nSPS) is 18.9. The van der Waals surface area contributed by atoms with Crippen LogP contribution >= 0.6 is 11.6 Å². The van der Waals surface area contributed by atoms with Gasteiger partial charge in [-0.25, -0.2) is 0 Å². The largest absolute Gasteiger partial charge is 0.337 e. The van der Waals surface area contributed by atoms with Crippen LogP contribution in [-0.4, -0.2) is 59.7 Å². The Morgan fingerprint density at radius 3 is 2.54 bits per heavy atom. The van der Waals surface area contributed by atoms with E-state index in [0.29, 0.717) is 22.8 Å². The molecule has 2 heterocycles. The smallest absolute Gasteiger partial charge is 0.256 e. The Morgan fingerprint density at radius 1 is 1.11 bits per heavy atom. The van der Waals surface area contributed by atoms with Crippen molar-refractivity contribution in [3.63, 3.8) is 0 Å². The maximum absolute atomic E-state index is 13.2. The number of hydrogen-bond acceptors (Lipinski definition) is 4. The highest BCUT2D eigenvalue weighted by atomic mass is 35.5. The summed E-state index contributed by atoms with van der Waals surface area (Å²) in [6.07, 6.45) is 0. The van der Waals surface area contributed by atoms with Crippen molar-refractivity contribution >= 4 is 35.0 Å². The number of halogens is 1. The van der Waals surface area contributed by atoms with E-state index in [-0.39, 0.29) is 37.4 Å². The highest BCUT2D eigenvalue weighted by Crippen LogP contribution is 2.30. The standard InChI is InChI=1S/C20H19ClN4O3/c21-14-4-1-12(2-5-14)13-3-6-16-15(9-13)20(28)25-8-7-24(18(26)10-22)11-17(25)19(27)23-16/h1-6,9,17H,7-8,10-11,22H2,(H,23,27)/t17-/m0/s1. The molecule has 2 aromatic rings. The Morgan fingerprint density at radius 2 is 1.82 bits per heavy atom. The van der Waals surface area contributed by atoms with Gasteiger partial charge in [-0.15, -0.1) is 0 Å². The van der Waals surface area contributed by atoms with Gasteiger partial charge in [0.05, 0.1) is 24.3 Å². The van der Waals surface area contributed by atoms with E-state index in [1.54, 1.807) is 24.3 Å². The molecule has 8 heteroatoms. The predicted octanol–water partition coefficient (Wildman–Crippen LogP) is 1.57. The number of fused-ring (bicyclic) bond motifs is 2. The minimum absolute atomic E-state index is 0.118. The number of nitrogens with zero attached hydrogens (tertiary/aromatic N) is 2. The van der Waals surface area contributed by atoms with Crippen LogP contribution in [0.2, 0.25) is 5.02 Å². The zero-order valence-corrected chi connectivity index (χ0v) is 15.8. The van der Waals surface area contributed by atoms with E-state index in [1.165, 1.54) is 9.80 Å². The van der Waals surface area contributed by atoms with Gasteiger partial charge in [0.1, 0.15) is 6.04 Å². The van der Waals surface area contributed by atoms with Gasteiger partial charge in [0.25, 0.3) is 5.91 Å². The van der Waals surface area contributed by atoms with Crippen LogP contribution < -0.4 is 11.1 Å². The van der Waals surface area contributed by atoms with Crippen molar-refractivity contribution in [2.24, 2.45) is 5.73 Å². The quantitative estimate of drug-likeness (QED) is 0.802. The average Bonchev–Trinajstić information content (AvgIpc) is 2.82. The van der Waals surface area contributed by atoms with Crippen molar-refractivity contribution in [1.29, 1.82) is 0 Å². The minimum Gasteiger partial charge on any atom is -0.337 e. The van der Waals surface area contributed by atoms with E-state index < -0.39 is 6.04 Å². The number of benzene rings is 2. The van der Waals surface area contributed by atoms with Crippen molar-refractivity contribution in [1.82, 2.24) is 9.80 Å². The van der Waals surface area contributed by atoms with Gasteiger partial charge < -0.3 is 20.9 Å². The molecule has 3 amide bonds. The van der Waals surface area contributed by atoms with Crippen molar-refractivity contribution in [2.45, 2.75) is 6.04 Å². The summed E-state index contributed by atoms with van der Waals surface area (Å²) in [5, 5.41) is 3.46. The number of hydrogen-bond donors (Lipinski definition) is 2. The summed E-state index contributed by atoms with van der Waals surface area (Å²) in [6.45, 7) is 0.670. The van der Waals surface area contributed by atoms with Gasteiger partial charge in [0, 0.05) is 18.1 Å². The Bertz CT molecular complexity index is 960. The lowest BCUT2D eigenvalue weighted by Crippen LogP contribution is -2.60. The van der Waals surface area contributed by atoms with Crippen molar-refractivity contribution in [3.05, 3.63) is 53.1 Å². The number of carbonyl (C=O) groups excluding carboxylic acids is 3.